The summed E-state index contributed by atoms with van der Waals surface area (Å²) in [6.45, 7) is 1.83. The monoisotopic (exact) mass is 380 g/mol. The predicted molar refractivity (Wildman–Crippen MR) is 90.4 cm³/mol. The second-order valence-electron chi connectivity index (χ2n) is 7.06. The molecule has 0 aliphatic carbocycles. The van der Waals surface area contributed by atoms with Gasteiger partial charge in [0.05, 0.1) is 6.61 Å². The number of ether oxygens (including phenoxy) is 1. The van der Waals surface area contributed by atoms with Gasteiger partial charge in [-0.1, -0.05) is 12.1 Å². The summed E-state index contributed by atoms with van der Waals surface area (Å²) in [6, 6.07) is 7.78. The van der Waals surface area contributed by atoms with E-state index in [0.717, 1.165) is 29.0 Å². The predicted octanol–water partition coefficient (Wildman–Crippen LogP) is 3.32. The van der Waals surface area contributed by atoms with Gasteiger partial charge in [0.2, 0.25) is 5.76 Å². The number of nitrogens with zero attached hydrogens (tertiary/aromatic N) is 1. The van der Waals surface area contributed by atoms with Crippen molar-refractivity contribution in [2.24, 2.45) is 5.73 Å². The minimum absolute atomic E-state index is 0.183. The van der Waals surface area contributed by atoms with E-state index in [2.05, 4.69) is 6.07 Å². The number of halogens is 3. The zero-order chi connectivity index (χ0) is 19.2. The number of furan rings is 1. The van der Waals surface area contributed by atoms with Crippen LogP contribution in [0.2, 0.25) is 0 Å². The number of likely N-dealkylation sites (tertiary alicyclic amines) is 1. The van der Waals surface area contributed by atoms with Crippen LogP contribution in [-0.4, -0.2) is 30.5 Å². The summed E-state index contributed by atoms with van der Waals surface area (Å²) in [6.07, 6.45) is -3.25. The van der Waals surface area contributed by atoms with Gasteiger partial charge in [0.25, 0.3) is 5.91 Å². The Hall–Kier alpha value is -2.48. The first-order valence-corrected chi connectivity index (χ1v) is 8.75. The molecule has 4 rings (SSSR count). The van der Waals surface area contributed by atoms with E-state index >= 15 is 0 Å². The fraction of sp³-hybridized carbons (Fsp3) is 0.421. The molecule has 0 bridgehead atoms. The van der Waals surface area contributed by atoms with Crippen LogP contribution in [0.4, 0.5) is 13.2 Å². The number of piperidine rings is 1. The van der Waals surface area contributed by atoms with Crippen molar-refractivity contribution in [3.63, 3.8) is 0 Å². The van der Waals surface area contributed by atoms with E-state index in [-0.39, 0.29) is 11.2 Å². The van der Waals surface area contributed by atoms with Crippen LogP contribution in [0.5, 0.6) is 5.75 Å². The average Bonchev–Trinajstić information content (AvgIpc) is 3.28. The number of carbonyl (C=O) groups is 1. The molecule has 3 heterocycles. The van der Waals surface area contributed by atoms with Gasteiger partial charge in [-0.25, -0.2) is 0 Å². The standard InChI is InChI=1S/C19H19F3N2O3/c20-19(21,22)16-4-3-15(27-16)17(25)24-7-5-18(6-8-24)11-26-14-2-1-12(10-23)9-13(14)18/h1-4,9H,5-8,10-11,23H2. The van der Waals surface area contributed by atoms with Gasteiger partial charge >= 0.3 is 6.18 Å². The van der Waals surface area contributed by atoms with Crippen LogP contribution in [0.15, 0.2) is 34.7 Å². The highest BCUT2D eigenvalue weighted by molar-refractivity contribution is 5.91. The second kappa shape index (κ2) is 6.30. The molecular weight excluding hydrogens is 361 g/mol. The average molecular weight is 380 g/mol. The van der Waals surface area contributed by atoms with Gasteiger partial charge in [-0.05, 0) is 36.6 Å². The molecule has 0 unspecified atom stereocenters. The van der Waals surface area contributed by atoms with Gasteiger partial charge in [0.15, 0.2) is 5.76 Å². The van der Waals surface area contributed by atoms with Gasteiger partial charge in [0, 0.05) is 30.6 Å². The van der Waals surface area contributed by atoms with Crippen molar-refractivity contribution in [3.05, 3.63) is 53.0 Å². The number of alkyl halides is 3. The lowest BCUT2D eigenvalue weighted by molar-refractivity contribution is -0.153. The molecule has 1 aromatic carbocycles. The van der Waals surface area contributed by atoms with E-state index in [4.69, 9.17) is 14.9 Å². The molecule has 2 N–H and O–H groups in total. The van der Waals surface area contributed by atoms with Gasteiger partial charge in [-0.15, -0.1) is 0 Å². The Kier molecular flexibility index (Phi) is 4.18. The van der Waals surface area contributed by atoms with Crippen molar-refractivity contribution < 1.29 is 27.1 Å². The Bertz CT molecular complexity index is 867. The minimum Gasteiger partial charge on any atom is -0.492 e. The van der Waals surface area contributed by atoms with Crippen molar-refractivity contribution in [1.29, 1.82) is 0 Å². The van der Waals surface area contributed by atoms with Crippen molar-refractivity contribution in [1.82, 2.24) is 4.90 Å². The third kappa shape index (κ3) is 3.07. The van der Waals surface area contributed by atoms with Crippen molar-refractivity contribution >= 4 is 5.91 Å². The molecule has 144 valence electrons. The number of hydrogen-bond donors (Lipinski definition) is 1. The molecule has 1 aromatic heterocycles. The summed E-state index contributed by atoms with van der Waals surface area (Å²) in [4.78, 5) is 14.0. The molecule has 1 amide bonds. The normalized spacial score (nSPS) is 18.4. The van der Waals surface area contributed by atoms with Gasteiger partial charge in [0.1, 0.15) is 5.75 Å². The quantitative estimate of drug-likeness (QED) is 0.868. The first kappa shape index (κ1) is 17.9. The lowest BCUT2D eigenvalue weighted by Gasteiger charge is -2.38. The highest BCUT2D eigenvalue weighted by atomic mass is 19.4. The maximum atomic E-state index is 12.7. The Balaban J connectivity index is 1.49. The first-order chi connectivity index (χ1) is 12.8. The fourth-order valence-corrected chi connectivity index (χ4v) is 3.85. The molecule has 0 saturated carbocycles. The Labute approximate surface area is 153 Å². The highest BCUT2D eigenvalue weighted by Gasteiger charge is 2.44. The van der Waals surface area contributed by atoms with Gasteiger partial charge in [-0.2, -0.15) is 13.2 Å². The zero-order valence-electron chi connectivity index (χ0n) is 14.5. The lowest BCUT2D eigenvalue weighted by atomic mass is 9.74. The zero-order valence-corrected chi connectivity index (χ0v) is 14.5. The summed E-state index contributed by atoms with van der Waals surface area (Å²) in [5.74, 6) is -1.12. The van der Waals surface area contributed by atoms with Gasteiger partial charge in [-0.3, -0.25) is 4.79 Å². The van der Waals surface area contributed by atoms with Crippen LogP contribution in [0.3, 0.4) is 0 Å². The smallest absolute Gasteiger partial charge is 0.449 e. The molecule has 2 aliphatic rings. The van der Waals surface area contributed by atoms with Gasteiger partial charge < -0.3 is 19.8 Å². The SMILES string of the molecule is NCc1ccc2c(c1)C1(CCN(C(=O)c3ccc(C(F)(F)F)o3)CC1)CO2. The third-order valence-electron chi connectivity index (χ3n) is 5.46. The van der Waals surface area contributed by atoms with Crippen LogP contribution in [0, 0.1) is 0 Å². The number of fused-ring (bicyclic) bond motifs is 2. The molecule has 1 fully saturated rings. The fourth-order valence-electron chi connectivity index (χ4n) is 3.85. The van der Waals surface area contributed by atoms with Crippen molar-refractivity contribution in [3.8, 4) is 5.75 Å². The molecule has 27 heavy (non-hydrogen) atoms. The summed E-state index contributed by atoms with van der Waals surface area (Å²) < 4.78 is 48.5. The summed E-state index contributed by atoms with van der Waals surface area (Å²) in [5, 5.41) is 0. The first-order valence-electron chi connectivity index (χ1n) is 8.75. The number of rotatable bonds is 2. The number of carbonyl (C=O) groups excluding carboxylic acids is 1. The highest BCUT2D eigenvalue weighted by Crippen LogP contribution is 2.46. The van der Waals surface area contributed by atoms with E-state index in [1.807, 2.05) is 12.1 Å². The van der Waals surface area contributed by atoms with Crippen LogP contribution >= 0.6 is 0 Å². The van der Waals surface area contributed by atoms with Crippen LogP contribution in [0.1, 0.15) is 40.3 Å². The van der Waals surface area contributed by atoms with Crippen LogP contribution in [-0.2, 0) is 18.1 Å². The minimum atomic E-state index is -4.60. The summed E-state index contributed by atoms with van der Waals surface area (Å²) in [7, 11) is 0. The van der Waals surface area contributed by atoms with Crippen LogP contribution < -0.4 is 10.5 Å². The van der Waals surface area contributed by atoms with E-state index in [9.17, 15) is 18.0 Å². The Morgan fingerprint density at radius 2 is 1.93 bits per heavy atom. The Morgan fingerprint density at radius 1 is 1.19 bits per heavy atom. The molecule has 2 aliphatic heterocycles. The molecule has 0 atom stereocenters. The third-order valence-corrected chi connectivity index (χ3v) is 5.46. The molecule has 8 heteroatoms. The maximum absolute atomic E-state index is 12.7. The molecule has 0 radical (unpaired) electrons. The largest absolute Gasteiger partial charge is 0.492 e. The van der Waals surface area contributed by atoms with E-state index in [1.165, 1.54) is 4.90 Å². The molecule has 2 aromatic rings. The maximum Gasteiger partial charge on any atom is 0.449 e. The molecule has 1 spiro atoms. The number of benzene rings is 1. The van der Waals surface area contributed by atoms with Crippen molar-refractivity contribution in [2.45, 2.75) is 31.0 Å². The summed E-state index contributed by atoms with van der Waals surface area (Å²) in [5.41, 5.74) is 7.68. The number of nitrogens with two attached hydrogens (primary N) is 1. The Morgan fingerprint density at radius 3 is 2.56 bits per heavy atom. The number of amides is 1. The van der Waals surface area contributed by atoms with E-state index < -0.39 is 17.8 Å². The van der Waals surface area contributed by atoms with E-state index in [0.29, 0.717) is 39.1 Å². The topological polar surface area (TPSA) is 68.7 Å². The lowest BCUT2D eigenvalue weighted by Crippen LogP contribution is -2.46. The molecular formula is C19H19F3N2O3. The van der Waals surface area contributed by atoms with Crippen LogP contribution in [0.25, 0.3) is 0 Å². The molecule has 5 nitrogen and oxygen atoms in total. The number of hydrogen-bond acceptors (Lipinski definition) is 4. The summed E-state index contributed by atoms with van der Waals surface area (Å²) >= 11 is 0. The van der Waals surface area contributed by atoms with E-state index in [1.54, 1.807) is 0 Å². The second-order valence-corrected chi connectivity index (χ2v) is 7.06. The van der Waals surface area contributed by atoms with Crippen molar-refractivity contribution in [2.75, 3.05) is 19.7 Å². The molecule has 1 saturated heterocycles.